The molecular weight excluding hydrogens is 332 g/mol. The highest BCUT2D eigenvalue weighted by atomic mass is 79.9. The largest absolute Gasteiger partial charge is 0.476 e. The highest BCUT2D eigenvalue weighted by Gasteiger charge is 2.33. The minimum Gasteiger partial charge on any atom is -0.476 e. The Hall–Kier alpha value is -2.19. The number of halogens is 1. The number of hydrogen-bond donors (Lipinski definition) is 1. The van der Waals surface area contributed by atoms with Crippen LogP contribution in [-0.2, 0) is 4.79 Å². The molecular formula is C10H9BrN6O3. The van der Waals surface area contributed by atoms with Gasteiger partial charge in [-0.1, -0.05) is 5.11 Å². The Bertz CT molecular complexity index is 615. The van der Waals surface area contributed by atoms with Crippen molar-refractivity contribution in [2.75, 3.05) is 18.0 Å². The summed E-state index contributed by atoms with van der Waals surface area (Å²) in [4.78, 5) is 34.8. The maximum absolute atomic E-state index is 11.9. The summed E-state index contributed by atoms with van der Waals surface area (Å²) in [5, 5.41) is 12.5. The summed E-state index contributed by atoms with van der Waals surface area (Å²) in [6.45, 7) is 0.444. The summed E-state index contributed by atoms with van der Waals surface area (Å²) in [5.41, 5.74) is 7.98. The molecule has 0 aromatic carbocycles. The summed E-state index contributed by atoms with van der Waals surface area (Å²) < 4.78 is 0.274. The van der Waals surface area contributed by atoms with E-state index in [0.29, 0.717) is 0 Å². The van der Waals surface area contributed by atoms with Crippen LogP contribution in [0.3, 0.4) is 0 Å². The van der Waals surface area contributed by atoms with E-state index in [1.54, 1.807) is 0 Å². The molecule has 1 aromatic heterocycles. The fourth-order valence-electron chi connectivity index (χ4n) is 1.96. The lowest BCUT2D eigenvalue weighted by Gasteiger charge is -2.16. The van der Waals surface area contributed by atoms with Crippen LogP contribution in [0, 0.1) is 5.92 Å². The Morgan fingerprint density at radius 2 is 2.45 bits per heavy atom. The lowest BCUT2D eigenvalue weighted by Crippen LogP contribution is -2.28. The predicted octanol–water partition coefficient (Wildman–Crippen LogP) is 1.60. The third-order valence-corrected chi connectivity index (χ3v) is 3.17. The smallest absolute Gasteiger partial charge is 0.358 e. The molecule has 1 N–H and O–H groups in total. The molecule has 10 heteroatoms. The summed E-state index contributed by atoms with van der Waals surface area (Å²) in [7, 11) is 0. The van der Waals surface area contributed by atoms with Crippen LogP contribution in [0.15, 0.2) is 15.9 Å². The van der Waals surface area contributed by atoms with Crippen molar-refractivity contribution in [3.63, 3.8) is 0 Å². The van der Waals surface area contributed by atoms with Gasteiger partial charge >= 0.3 is 5.97 Å². The molecule has 0 aliphatic carbocycles. The zero-order chi connectivity index (χ0) is 14.7. The summed E-state index contributed by atoms with van der Waals surface area (Å²) in [5.74, 6) is -1.66. The topological polar surface area (TPSA) is 132 Å². The van der Waals surface area contributed by atoms with Crippen molar-refractivity contribution < 1.29 is 14.7 Å². The van der Waals surface area contributed by atoms with E-state index in [0.717, 1.165) is 0 Å². The van der Waals surface area contributed by atoms with Crippen molar-refractivity contribution >= 4 is 33.6 Å². The van der Waals surface area contributed by atoms with Crippen LogP contribution in [-0.4, -0.2) is 40.0 Å². The maximum Gasteiger partial charge on any atom is 0.358 e. The number of amides is 1. The third-order valence-electron chi connectivity index (χ3n) is 2.79. The molecule has 1 fully saturated rings. The number of nitrogens with zero attached hydrogens (tertiary/aromatic N) is 6. The first kappa shape index (κ1) is 14.2. The van der Waals surface area contributed by atoms with Crippen molar-refractivity contribution in [1.82, 2.24) is 9.97 Å². The Balaban J connectivity index is 2.30. The van der Waals surface area contributed by atoms with Gasteiger partial charge in [-0.2, -0.15) is 0 Å². The second kappa shape index (κ2) is 5.85. The fourth-order valence-corrected chi connectivity index (χ4v) is 2.24. The molecule has 0 bridgehead atoms. The first-order valence-electron chi connectivity index (χ1n) is 5.60. The van der Waals surface area contributed by atoms with E-state index in [9.17, 15) is 9.59 Å². The van der Waals surface area contributed by atoms with Gasteiger partial charge in [0.25, 0.3) is 0 Å². The highest BCUT2D eigenvalue weighted by molar-refractivity contribution is 9.10. The minimum atomic E-state index is -1.26. The van der Waals surface area contributed by atoms with Gasteiger partial charge in [0.1, 0.15) is 4.60 Å². The molecule has 1 atom stereocenters. The SMILES string of the molecule is [N-]=[N+]=NCC1CC(=O)N(c2ncc(Br)nc2C(=O)O)C1. The number of azide groups is 1. The standard InChI is InChI=1S/C10H9BrN6O3/c11-6-3-13-9(8(15-6)10(19)20)17-4-5(1-7(17)18)2-14-16-12/h3,5H,1-2,4H2,(H,19,20). The number of carboxylic acids is 1. The van der Waals surface area contributed by atoms with Gasteiger partial charge in [0, 0.05) is 24.4 Å². The summed E-state index contributed by atoms with van der Waals surface area (Å²) in [6.07, 6.45) is 1.52. The van der Waals surface area contributed by atoms with Crippen LogP contribution in [0.5, 0.6) is 0 Å². The zero-order valence-electron chi connectivity index (χ0n) is 10.1. The normalized spacial score (nSPS) is 17.9. The van der Waals surface area contributed by atoms with Gasteiger partial charge < -0.3 is 5.11 Å². The third kappa shape index (κ3) is 2.86. The van der Waals surface area contributed by atoms with Crippen LogP contribution < -0.4 is 4.90 Å². The number of hydrogen-bond acceptors (Lipinski definition) is 5. The molecule has 2 heterocycles. The summed E-state index contributed by atoms with van der Waals surface area (Å²) in [6, 6.07) is 0. The Labute approximate surface area is 121 Å². The van der Waals surface area contributed by atoms with E-state index >= 15 is 0 Å². The molecule has 0 radical (unpaired) electrons. The number of carboxylic acid groups (broad SMARTS) is 1. The van der Waals surface area contributed by atoms with Crippen LogP contribution in [0.4, 0.5) is 5.82 Å². The van der Waals surface area contributed by atoms with Crippen molar-refractivity contribution in [1.29, 1.82) is 0 Å². The first-order valence-corrected chi connectivity index (χ1v) is 6.39. The second-order valence-electron chi connectivity index (χ2n) is 4.16. The molecule has 1 aromatic rings. The van der Waals surface area contributed by atoms with Crippen molar-refractivity contribution in [2.45, 2.75) is 6.42 Å². The van der Waals surface area contributed by atoms with E-state index in [1.165, 1.54) is 11.1 Å². The minimum absolute atomic E-state index is 0.00846. The molecule has 2 rings (SSSR count). The second-order valence-corrected chi connectivity index (χ2v) is 4.97. The molecule has 1 saturated heterocycles. The quantitative estimate of drug-likeness (QED) is 0.504. The molecule has 0 saturated carbocycles. The predicted molar refractivity (Wildman–Crippen MR) is 71.2 cm³/mol. The molecule has 9 nitrogen and oxygen atoms in total. The monoisotopic (exact) mass is 340 g/mol. The van der Waals surface area contributed by atoms with Crippen LogP contribution in [0.25, 0.3) is 10.4 Å². The van der Waals surface area contributed by atoms with Crippen LogP contribution >= 0.6 is 15.9 Å². The highest BCUT2D eigenvalue weighted by Crippen LogP contribution is 2.26. The van der Waals surface area contributed by atoms with Gasteiger partial charge in [0.15, 0.2) is 11.5 Å². The molecule has 1 amide bonds. The van der Waals surface area contributed by atoms with E-state index in [4.69, 9.17) is 10.6 Å². The number of rotatable bonds is 4. The van der Waals surface area contributed by atoms with Crippen molar-refractivity contribution in [3.8, 4) is 0 Å². The maximum atomic E-state index is 11.9. The van der Waals surface area contributed by atoms with E-state index in [2.05, 4.69) is 35.9 Å². The van der Waals surface area contributed by atoms with Gasteiger partial charge in [-0.25, -0.2) is 14.8 Å². The fraction of sp³-hybridized carbons (Fsp3) is 0.400. The number of carbonyl (C=O) groups excluding carboxylic acids is 1. The van der Waals surface area contributed by atoms with Crippen LogP contribution in [0.1, 0.15) is 16.9 Å². The lowest BCUT2D eigenvalue weighted by molar-refractivity contribution is -0.117. The molecule has 20 heavy (non-hydrogen) atoms. The first-order chi connectivity index (χ1) is 9.52. The van der Waals surface area contributed by atoms with E-state index in [-0.39, 0.29) is 47.5 Å². The Kier molecular flexibility index (Phi) is 4.16. The van der Waals surface area contributed by atoms with Crippen LogP contribution in [0.2, 0.25) is 0 Å². The average molecular weight is 341 g/mol. The molecule has 1 aliphatic heterocycles. The van der Waals surface area contributed by atoms with E-state index < -0.39 is 5.97 Å². The van der Waals surface area contributed by atoms with Crippen molar-refractivity contribution in [2.24, 2.45) is 11.0 Å². The molecule has 104 valence electrons. The number of anilines is 1. The average Bonchev–Trinajstić information content (AvgIpc) is 2.77. The van der Waals surface area contributed by atoms with Crippen molar-refractivity contribution in [3.05, 3.63) is 26.9 Å². The van der Waals surface area contributed by atoms with Gasteiger partial charge in [0.2, 0.25) is 5.91 Å². The Morgan fingerprint density at radius 1 is 1.70 bits per heavy atom. The van der Waals surface area contributed by atoms with E-state index in [1.807, 2.05) is 0 Å². The molecule has 1 aliphatic rings. The van der Waals surface area contributed by atoms with Gasteiger partial charge in [-0.3, -0.25) is 9.69 Å². The Morgan fingerprint density at radius 3 is 3.10 bits per heavy atom. The van der Waals surface area contributed by atoms with Gasteiger partial charge in [-0.15, -0.1) is 0 Å². The number of carbonyl (C=O) groups is 2. The number of aromatic carboxylic acids is 1. The number of aromatic nitrogens is 2. The molecule has 0 spiro atoms. The van der Waals surface area contributed by atoms with Gasteiger partial charge in [0.05, 0.1) is 6.20 Å². The lowest BCUT2D eigenvalue weighted by atomic mass is 10.1. The summed E-state index contributed by atoms with van der Waals surface area (Å²) >= 11 is 3.04. The molecule has 1 unspecified atom stereocenters. The van der Waals surface area contributed by atoms with Gasteiger partial charge in [-0.05, 0) is 27.4 Å². The zero-order valence-corrected chi connectivity index (χ0v) is 11.7.